The molecular formula is C19H17F2NO. The van der Waals surface area contributed by atoms with Crippen LogP contribution in [0.5, 0.6) is 0 Å². The van der Waals surface area contributed by atoms with Crippen molar-refractivity contribution in [2.45, 2.75) is 32.7 Å². The molecule has 2 aromatic rings. The number of nitrogens with one attached hydrogen (secondary N) is 1. The van der Waals surface area contributed by atoms with Crippen LogP contribution in [0.2, 0.25) is 0 Å². The van der Waals surface area contributed by atoms with Gasteiger partial charge in [0.25, 0.3) is 0 Å². The fourth-order valence-corrected chi connectivity index (χ4v) is 3.85. The first kappa shape index (κ1) is 14.2. The fourth-order valence-electron chi connectivity index (χ4n) is 3.85. The largest absolute Gasteiger partial charge is 0.507 e. The Morgan fingerprint density at radius 1 is 1.13 bits per heavy atom. The first-order chi connectivity index (χ1) is 10.8. The Balaban J connectivity index is 2.14. The van der Waals surface area contributed by atoms with Gasteiger partial charge in [0.2, 0.25) is 0 Å². The second-order valence-electron chi connectivity index (χ2n) is 7.04. The second-order valence-corrected chi connectivity index (χ2v) is 7.04. The lowest BCUT2D eigenvalue weighted by molar-refractivity contribution is 0.508. The summed E-state index contributed by atoms with van der Waals surface area (Å²) in [5.74, 6) is -0.871. The minimum atomic E-state index is -0.449. The van der Waals surface area contributed by atoms with E-state index < -0.39 is 5.82 Å². The van der Waals surface area contributed by atoms with E-state index in [1.807, 2.05) is 6.92 Å². The van der Waals surface area contributed by atoms with E-state index in [-0.39, 0.29) is 17.1 Å². The third-order valence-corrected chi connectivity index (χ3v) is 4.63. The zero-order valence-corrected chi connectivity index (χ0v) is 13.2. The molecule has 2 aliphatic rings. The van der Waals surface area contributed by atoms with Crippen LogP contribution in [0.3, 0.4) is 0 Å². The van der Waals surface area contributed by atoms with Crippen molar-refractivity contribution in [1.82, 2.24) is 0 Å². The lowest BCUT2D eigenvalue weighted by Gasteiger charge is -2.33. The van der Waals surface area contributed by atoms with Crippen molar-refractivity contribution in [3.05, 3.63) is 51.9 Å². The monoisotopic (exact) mass is 313 g/mol. The quantitative estimate of drug-likeness (QED) is 0.781. The van der Waals surface area contributed by atoms with Gasteiger partial charge in [-0.25, -0.2) is 8.78 Å². The normalized spacial score (nSPS) is 17.4. The summed E-state index contributed by atoms with van der Waals surface area (Å²) < 4.78 is 28.7. The first-order valence-electron chi connectivity index (χ1n) is 7.62. The Kier molecular flexibility index (Phi) is 2.69. The van der Waals surface area contributed by atoms with Gasteiger partial charge in [0.05, 0.1) is 0 Å². The topological polar surface area (TPSA) is 32.3 Å². The molecule has 0 unspecified atom stereocenters. The van der Waals surface area contributed by atoms with Crippen molar-refractivity contribution in [3.63, 3.8) is 0 Å². The Hall–Kier alpha value is -2.36. The highest BCUT2D eigenvalue weighted by molar-refractivity contribution is 5.88. The zero-order valence-electron chi connectivity index (χ0n) is 13.2. The molecule has 4 heteroatoms. The average molecular weight is 313 g/mol. The molecule has 0 amide bonds. The molecule has 2 nitrogen and oxygen atoms in total. The Bertz CT molecular complexity index is 989. The minimum Gasteiger partial charge on any atom is -0.507 e. The number of hydrogen-bond donors (Lipinski definition) is 2. The summed E-state index contributed by atoms with van der Waals surface area (Å²) in [6.45, 7) is 6.04. The van der Waals surface area contributed by atoms with Crippen LogP contribution in [0.25, 0.3) is 22.5 Å². The minimum absolute atomic E-state index is 0.0703. The average Bonchev–Trinajstić information content (AvgIpc) is 2.70. The molecule has 1 heterocycles. The summed E-state index contributed by atoms with van der Waals surface area (Å²) in [5, 5.41) is 14.7. The Labute approximate surface area is 132 Å². The zero-order chi connectivity index (χ0) is 16.5. The molecule has 2 N–H and O–H groups in total. The highest BCUT2D eigenvalue weighted by Gasteiger charge is 2.30. The molecule has 0 aromatic heterocycles. The van der Waals surface area contributed by atoms with Crippen molar-refractivity contribution >= 4 is 17.0 Å². The van der Waals surface area contributed by atoms with Crippen LogP contribution in [0.4, 0.5) is 14.5 Å². The van der Waals surface area contributed by atoms with E-state index in [2.05, 4.69) is 19.2 Å². The van der Waals surface area contributed by atoms with Crippen LogP contribution in [-0.4, -0.2) is 10.6 Å². The Morgan fingerprint density at radius 2 is 1.87 bits per heavy atom. The fraction of sp³-hybridized carbons (Fsp3) is 0.263. The summed E-state index contributed by atoms with van der Waals surface area (Å²) in [6.07, 6.45) is 0.738. The van der Waals surface area contributed by atoms with Crippen LogP contribution in [0.1, 0.15) is 32.8 Å². The van der Waals surface area contributed by atoms with Gasteiger partial charge in [-0.3, -0.25) is 0 Å². The molecule has 2 aromatic carbocycles. The van der Waals surface area contributed by atoms with E-state index in [9.17, 15) is 9.50 Å². The highest BCUT2D eigenvalue weighted by Crippen LogP contribution is 2.34. The van der Waals surface area contributed by atoms with E-state index in [0.717, 1.165) is 12.0 Å². The summed E-state index contributed by atoms with van der Waals surface area (Å²) >= 11 is 0. The van der Waals surface area contributed by atoms with Gasteiger partial charge >= 0.3 is 0 Å². The van der Waals surface area contributed by atoms with Crippen molar-refractivity contribution in [1.29, 1.82) is 0 Å². The molecule has 0 saturated carbocycles. The SMILES string of the molecule is CC1=c2c(cc3c(c2F)-c2ccc(F)cc2C=3O)NC(C)(C)C1. The van der Waals surface area contributed by atoms with Crippen LogP contribution >= 0.6 is 0 Å². The second kappa shape index (κ2) is 4.34. The van der Waals surface area contributed by atoms with Gasteiger partial charge in [-0.2, -0.15) is 0 Å². The van der Waals surface area contributed by atoms with Gasteiger partial charge in [0, 0.05) is 32.8 Å². The number of anilines is 1. The third kappa shape index (κ3) is 1.90. The lowest BCUT2D eigenvalue weighted by atomic mass is 9.88. The van der Waals surface area contributed by atoms with E-state index in [4.69, 9.17) is 0 Å². The summed E-state index contributed by atoms with van der Waals surface area (Å²) in [4.78, 5) is 0. The standard InChI is InChI=1S/C19H17F2NO/c1-9-8-19(2,3)22-14-7-13-16(17(21)15(9)14)11-5-4-10(20)6-12(11)18(13)23/h4-7,22-23H,8H2,1-3H3. The summed E-state index contributed by atoms with van der Waals surface area (Å²) in [6, 6.07) is 5.83. The number of fused-ring (bicyclic) bond motifs is 4. The van der Waals surface area contributed by atoms with Crippen LogP contribution in [0.15, 0.2) is 24.3 Å². The van der Waals surface area contributed by atoms with E-state index >= 15 is 4.39 Å². The molecule has 1 aliphatic heterocycles. The molecule has 0 saturated heterocycles. The van der Waals surface area contributed by atoms with Gasteiger partial charge in [0.1, 0.15) is 17.4 Å². The maximum atomic E-state index is 15.2. The molecule has 0 spiro atoms. The van der Waals surface area contributed by atoms with Crippen LogP contribution in [-0.2, 0) is 0 Å². The molecule has 0 fully saturated rings. The summed E-state index contributed by atoms with van der Waals surface area (Å²) in [5.41, 5.74) is 2.71. The molecule has 0 atom stereocenters. The number of benzene rings is 2. The van der Waals surface area contributed by atoms with Gasteiger partial charge in [-0.05, 0) is 51.0 Å². The van der Waals surface area contributed by atoms with Gasteiger partial charge in [-0.1, -0.05) is 11.6 Å². The van der Waals surface area contributed by atoms with Gasteiger partial charge in [-0.15, -0.1) is 0 Å². The molecule has 23 heavy (non-hydrogen) atoms. The number of halogens is 2. The number of aliphatic hydroxyl groups excluding tert-OH is 1. The van der Waals surface area contributed by atoms with Gasteiger partial charge in [0.15, 0.2) is 0 Å². The predicted molar refractivity (Wildman–Crippen MR) is 87.6 cm³/mol. The van der Waals surface area contributed by atoms with Crippen molar-refractivity contribution < 1.29 is 13.9 Å². The number of aliphatic hydroxyl groups is 1. The van der Waals surface area contributed by atoms with Crippen LogP contribution < -0.4 is 15.8 Å². The smallest absolute Gasteiger partial charge is 0.141 e. The third-order valence-electron chi connectivity index (χ3n) is 4.63. The summed E-state index contributed by atoms with van der Waals surface area (Å²) in [7, 11) is 0. The molecule has 0 radical (unpaired) electrons. The maximum Gasteiger partial charge on any atom is 0.141 e. The first-order valence-corrected chi connectivity index (χ1v) is 7.62. The Morgan fingerprint density at radius 3 is 2.61 bits per heavy atom. The maximum absolute atomic E-state index is 15.2. The van der Waals surface area contributed by atoms with E-state index in [0.29, 0.717) is 32.8 Å². The molecule has 0 bridgehead atoms. The van der Waals surface area contributed by atoms with Crippen molar-refractivity contribution in [2.24, 2.45) is 0 Å². The lowest BCUT2D eigenvalue weighted by Crippen LogP contribution is -2.40. The molecule has 1 aliphatic carbocycles. The number of rotatable bonds is 0. The van der Waals surface area contributed by atoms with Gasteiger partial charge < -0.3 is 10.4 Å². The molecular weight excluding hydrogens is 296 g/mol. The highest BCUT2D eigenvalue weighted by atomic mass is 19.1. The van der Waals surface area contributed by atoms with Crippen LogP contribution in [0, 0.1) is 11.6 Å². The van der Waals surface area contributed by atoms with E-state index in [1.54, 1.807) is 6.07 Å². The number of hydrogen-bond acceptors (Lipinski definition) is 2. The van der Waals surface area contributed by atoms with Crippen molar-refractivity contribution in [3.8, 4) is 11.1 Å². The molecule has 4 rings (SSSR count). The van der Waals surface area contributed by atoms with Crippen molar-refractivity contribution in [2.75, 3.05) is 5.32 Å². The molecule has 118 valence electrons. The predicted octanol–water partition coefficient (Wildman–Crippen LogP) is 3.42. The van der Waals surface area contributed by atoms with E-state index in [1.165, 1.54) is 18.2 Å².